The number of halogens is 2. The average Bonchev–Trinajstić information content (AvgIpc) is 2.98. The summed E-state index contributed by atoms with van der Waals surface area (Å²) in [4.78, 5) is 3.95. The van der Waals surface area contributed by atoms with E-state index in [1.807, 2.05) is 18.2 Å². The minimum absolute atomic E-state index is 0.0178. The van der Waals surface area contributed by atoms with E-state index in [0.717, 1.165) is 25.1 Å². The smallest absolute Gasteiger partial charge is 0.134 e. The van der Waals surface area contributed by atoms with Crippen molar-refractivity contribution in [3.63, 3.8) is 0 Å². The molecule has 1 N–H and O–H groups in total. The van der Waals surface area contributed by atoms with Crippen molar-refractivity contribution in [2.24, 2.45) is 5.92 Å². The predicted octanol–water partition coefficient (Wildman–Crippen LogP) is 4.12. The largest absolute Gasteiger partial charge is 0.485 e. The Bertz CT molecular complexity index is 580. The zero-order valence-electron chi connectivity index (χ0n) is 11.4. The molecule has 1 aromatic heterocycles. The van der Waals surface area contributed by atoms with Crippen LogP contribution in [0.1, 0.15) is 18.1 Å². The maximum Gasteiger partial charge on any atom is 0.134 e. The van der Waals surface area contributed by atoms with Gasteiger partial charge in [-0.1, -0.05) is 53.5 Å². The van der Waals surface area contributed by atoms with E-state index < -0.39 is 0 Å². The van der Waals surface area contributed by atoms with Gasteiger partial charge in [0.1, 0.15) is 22.2 Å². The summed E-state index contributed by atoms with van der Waals surface area (Å²) in [6.45, 7) is 1.97. The minimum atomic E-state index is -0.0178. The molecule has 21 heavy (non-hydrogen) atoms. The summed E-state index contributed by atoms with van der Waals surface area (Å²) < 4.78 is 6.20. The Kier molecular flexibility index (Phi) is 4.63. The van der Waals surface area contributed by atoms with Crippen LogP contribution in [0.4, 0.5) is 0 Å². The van der Waals surface area contributed by atoms with Crippen LogP contribution in [0.25, 0.3) is 0 Å². The van der Waals surface area contributed by atoms with Crippen LogP contribution in [0, 0.1) is 5.92 Å². The quantitative estimate of drug-likeness (QED) is 0.860. The molecule has 5 heteroatoms. The molecule has 1 aliphatic heterocycles. The van der Waals surface area contributed by atoms with Crippen LogP contribution in [0.3, 0.4) is 0 Å². The fourth-order valence-corrected chi connectivity index (χ4v) is 3.11. The van der Waals surface area contributed by atoms with Crippen molar-refractivity contribution in [3.8, 4) is 5.75 Å². The summed E-state index contributed by atoms with van der Waals surface area (Å²) in [6.07, 6.45) is 1.07. The van der Waals surface area contributed by atoms with Gasteiger partial charge in [-0.2, -0.15) is 0 Å². The molecule has 2 heterocycles. The molecule has 1 fully saturated rings. The lowest BCUT2D eigenvalue weighted by Gasteiger charge is -2.25. The normalized spacial score (nSPS) is 19.4. The molecule has 3 nitrogen and oxygen atoms in total. The van der Waals surface area contributed by atoms with Crippen LogP contribution in [-0.2, 0) is 0 Å². The molecule has 1 aromatic carbocycles. The van der Waals surface area contributed by atoms with Gasteiger partial charge in [-0.25, -0.2) is 4.98 Å². The van der Waals surface area contributed by atoms with E-state index in [0.29, 0.717) is 22.0 Å². The highest BCUT2D eigenvalue weighted by atomic mass is 35.5. The third-order valence-electron chi connectivity index (χ3n) is 3.65. The fraction of sp³-hybridized carbons (Fsp3) is 0.312. The first-order valence-electron chi connectivity index (χ1n) is 6.98. The Balaban J connectivity index is 1.88. The molecule has 1 unspecified atom stereocenters. The number of benzene rings is 1. The SMILES string of the molecule is Clc1cc(O[C@H](c2ccccc2)C2CCNC2)cc(Cl)n1. The second-order valence-electron chi connectivity index (χ2n) is 5.15. The average molecular weight is 323 g/mol. The lowest BCUT2D eigenvalue weighted by atomic mass is 9.95. The lowest BCUT2D eigenvalue weighted by molar-refractivity contribution is 0.144. The molecule has 1 saturated heterocycles. The molecular weight excluding hydrogens is 307 g/mol. The third-order valence-corrected chi connectivity index (χ3v) is 4.04. The van der Waals surface area contributed by atoms with Crippen LogP contribution in [0.2, 0.25) is 10.3 Å². The van der Waals surface area contributed by atoms with E-state index in [9.17, 15) is 0 Å². The number of nitrogens with one attached hydrogen (secondary N) is 1. The maximum atomic E-state index is 6.20. The Morgan fingerprint density at radius 2 is 1.86 bits per heavy atom. The van der Waals surface area contributed by atoms with E-state index in [1.165, 1.54) is 0 Å². The van der Waals surface area contributed by atoms with E-state index >= 15 is 0 Å². The Hall–Kier alpha value is -1.29. The van der Waals surface area contributed by atoms with Gasteiger partial charge in [-0.3, -0.25) is 0 Å². The van der Waals surface area contributed by atoms with Crippen LogP contribution in [-0.4, -0.2) is 18.1 Å². The molecule has 0 amide bonds. The van der Waals surface area contributed by atoms with Crippen molar-refractivity contribution in [1.29, 1.82) is 0 Å². The number of hydrogen-bond acceptors (Lipinski definition) is 3. The van der Waals surface area contributed by atoms with E-state index in [4.69, 9.17) is 27.9 Å². The first kappa shape index (κ1) is 14.6. The summed E-state index contributed by atoms with van der Waals surface area (Å²) in [5.74, 6) is 1.08. The second kappa shape index (κ2) is 6.65. The number of aromatic nitrogens is 1. The van der Waals surface area contributed by atoms with Gasteiger partial charge < -0.3 is 10.1 Å². The molecular formula is C16H16Cl2N2O. The van der Waals surface area contributed by atoms with Gasteiger partial charge in [0.25, 0.3) is 0 Å². The molecule has 0 radical (unpaired) electrons. The van der Waals surface area contributed by atoms with Gasteiger partial charge in [0.2, 0.25) is 0 Å². The molecule has 3 rings (SSSR count). The zero-order valence-corrected chi connectivity index (χ0v) is 12.9. The van der Waals surface area contributed by atoms with Gasteiger partial charge in [0, 0.05) is 24.6 Å². The highest BCUT2D eigenvalue weighted by molar-refractivity contribution is 6.32. The molecule has 110 valence electrons. The van der Waals surface area contributed by atoms with Crippen molar-refractivity contribution >= 4 is 23.2 Å². The van der Waals surface area contributed by atoms with Gasteiger partial charge in [-0.15, -0.1) is 0 Å². The number of rotatable bonds is 4. The van der Waals surface area contributed by atoms with Crippen molar-refractivity contribution in [1.82, 2.24) is 10.3 Å². The Morgan fingerprint density at radius 1 is 1.14 bits per heavy atom. The van der Waals surface area contributed by atoms with Crippen molar-refractivity contribution < 1.29 is 4.74 Å². The van der Waals surface area contributed by atoms with E-state index in [-0.39, 0.29) is 6.10 Å². The number of pyridine rings is 1. The Labute approximate surface area is 134 Å². The van der Waals surface area contributed by atoms with E-state index in [1.54, 1.807) is 12.1 Å². The van der Waals surface area contributed by atoms with Gasteiger partial charge in [-0.05, 0) is 18.5 Å². The van der Waals surface area contributed by atoms with Crippen LogP contribution < -0.4 is 10.1 Å². The predicted molar refractivity (Wildman–Crippen MR) is 85.0 cm³/mol. The second-order valence-corrected chi connectivity index (χ2v) is 5.92. The first-order chi connectivity index (χ1) is 10.2. The van der Waals surface area contributed by atoms with Crippen molar-refractivity contribution in [2.75, 3.05) is 13.1 Å². The van der Waals surface area contributed by atoms with Crippen molar-refractivity contribution in [3.05, 3.63) is 58.3 Å². The number of hydrogen-bond donors (Lipinski definition) is 1. The zero-order chi connectivity index (χ0) is 14.7. The molecule has 2 aromatic rings. The summed E-state index contributed by atoms with van der Waals surface area (Å²) in [5, 5.41) is 4.07. The summed E-state index contributed by atoms with van der Waals surface area (Å²) >= 11 is 11.9. The maximum absolute atomic E-state index is 6.20. The summed E-state index contributed by atoms with van der Waals surface area (Å²) in [7, 11) is 0. The lowest BCUT2D eigenvalue weighted by Crippen LogP contribution is -2.21. The number of nitrogens with zero attached hydrogens (tertiary/aromatic N) is 1. The molecule has 1 aliphatic rings. The van der Waals surface area contributed by atoms with Gasteiger partial charge in [0.05, 0.1) is 0 Å². The van der Waals surface area contributed by atoms with Crippen LogP contribution in [0.5, 0.6) is 5.75 Å². The highest BCUT2D eigenvalue weighted by Crippen LogP contribution is 2.33. The van der Waals surface area contributed by atoms with Crippen LogP contribution in [0.15, 0.2) is 42.5 Å². The van der Waals surface area contributed by atoms with E-state index in [2.05, 4.69) is 22.4 Å². The summed E-state index contributed by atoms with van der Waals surface area (Å²) in [5.41, 5.74) is 1.16. The van der Waals surface area contributed by atoms with Gasteiger partial charge >= 0.3 is 0 Å². The minimum Gasteiger partial charge on any atom is -0.485 e. The first-order valence-corrected chi connectivity index (χ1v) is 7.73. The van der Waals surface area contributed by atoms with Crippen LogP contribution >= 0.6 is 23.2 Å². The van der Waals surface area contributed by atoms with Gasteiger partial charge in [0.15, 0.2) is 0 Å². The summed E-state index contributed by atoms with van der Waals surface area (Å²) in [6, 6.07) is 13.6. The fourth-order valence-electron chi connectivity index (χ4n) is 2.67. The molecule has 0 saturated carbocycles. The topological polar surface area (TPSA) is 34.1 Å². The number of ether oxygens (including phenoxy) is 1. The monoisotopic (exact) mass is 322 g/mol. The Morgan fingerprint density at radius 3 is 2.48 bits per heavy atom. The molecule has 0 spiro atoms. The standard InChI is InChI=1S/C16H16Cl2N2O/c17-14-8-13(9-15(18)20-14)21-16(12-6-7-19-10-12)11-4-2-1-3-5-11/h1-5,8-9,12,16,19H,6-7,10H2/t12?,16-/m1/s1. The third kappa shape index (κ3) is 3.67. The van der Waals surface area contributed by atoms with Crippen molar-refractivity contribution in [2.45, 2.75) is 12.5 Å². The molecule has 0 aliphatic carbocycles. The molecule has 2 atom stereocenters. The molecule has 0 bridgehead atoms. The highest BCUT2D eigenvalue weighted by Gasteiger charge is 2.28.